The molecule has 0 N–H and O–H groups in total. The van der Waals surface area contributed by atoms with Gasteiger partial charge in [-0.3, -0.25) is 4.79 Å². The van der Waals surface area contributed by atoms with Crippen LogP contribution in [-0.4, -0.2) is 43.1 Å². The van der Waals surface area contributed by atoms with Crippen molar-refractivity contribution in [2.75, 3.05) is 20.3 Å². The third-order valence-corrected chi connectivity index (χ3v) is 3.80. The maximum atomic E-state index is 12.1. The van der Waals surface area contributed by atoms with Crippen LogP contribution in [0.25, 0.3) is 0 Å². The second-order valence-corrected chi connectivity index (χ2v) is 5.71. The number of esters is 1. The van der Waals surface area contributed by atoms with Gasteiger partial charge in [0.05, 0.1) is 0 Å². The van der Waals surface area contributed by atoms with Gasteiger partial charge in [-0.1, -0.05) is 42.5 Å². The Kier molecular flexibility index (Phi) is 5.18. The van der Waals surface area contributed by atoms with Crippen molar-refractivity contribution in [3.63, 3.8) is 0 Å². The minimum Gasteiger partial charge on any atom is -0.485 e. The van der Waals surface area contributed by atoms with Crippen molar-refractivity contribution in [3.8, 4) is 11.5 Å². The fourth-order valence-corrected chi connectivity index (χ4v) is 2.42. The summed E-state index contributed by atoms with van der Waals surface area (Å²) in [7, 11) is 1.67. The molecule has 1 aliphatic heterocycles. The summed E-state index contributed by atoms with van der Waals surface area (Å²) in [5.41, 5.74) is 1.00. The number of hydrogen-bond donors (Lipinski definition) is 0. The van der Waals surface area contributed by atoms with E-state index >= 15 is 0 Å². The standard InChI is InChI=1S/C19H19NO5/c1-20(11-14-7-3-2-4-8-14)18(21)13-24-19(22)17-12-23-15-9-5-6-10-16(15)25-17/h2-10,17H,11-13H2,1H3. The lowest BCUT2D eigenvalue weighted by molar-refractivity contribution is -0.159. The van der Waals surface area contributed by atoms with E-state index in [1.807, 2.05) is 36.4 Å². The Morgan fingerprint density at radius 2 is 1.76 bits per heavy atom. The lowest BCUT2D eigenvalue weighted by Gasteiger charge is -2.25. The summed E-state index contributed by atoms with van der Waals surface area (Å²) >= 11 is 0. The Bertz CT molecular complexity index is 746. The number of rotatable bonds is 5. The highest BCUT2D eigenvalue weighted by Gasteiger charge is 2.29. The summed E-state index contributed by atoms with van der Waals surface area (Å²) in [6.45, 7) is 0.182. The molecule has 0 radical (unpaired) electrons. The second kappa shape index (κ2) is 7.70. The van der Waals surface area contributed by atoms with Crippen molar-refractivity contribution in [2.45, 2.75) is 12.6 Å². The van der Waals surface area contributed by atoms with E-state index in [-0.39, 0.29) is 19.1 Å². The number of fused-ring (bicyclic) bond motifs is 1. The van der Waals surface area contributed by atoms with Crippen LogP contribution in [0.5, 0.6) is 11.5 Å². The van der Waals surface area contributed by atoms with Crippen LogP contribution in [0.1, 0.15) is 5.56 Å². The van der Waals surface area contributed by atoms with Crippen molar-refractivity contribution >= 4 is 11.9 Å². The zero-order valence-electron chi connectivity index (χ0n) is 13.9. The van der Waals surface area contributed by atoms with Crippen LogP contribution in [0.2, 0.25) is 0 Å². The number of hydrogen-bond acceptors (Lipinski definition) is 5. The van der Waals surface area contributed by atoms with Crippen LogP contribution in [0.4, 0.5) is 0 Å². The van der Waals surface area contributed by atoms with Crippen LogP contribution in [0, 0.1) is 0 Å². The molecule has 0 spiro atoms. The van der Waals surface area contributed by atoms with E-state index in [0.29, 0.717) is 18.0 Å². The fraction of sp³-hybridized carbons (Fsp3) is 0.263. The van der Waals surface area contributed by atoms with Crippen LogP contribution >= 0.6 is 0 Å². The molecule has 0 aliphatic carbocycles. The van der Waals surface area contributed by atoms with Crippen molar-refractivity contribution < 1.29 is 23.8 Å². The Balaban J connectivity index is 1.48. The average molecular weight is 341 g/mol. The first kappa shape index (κ1) is 16.8. The van der Waals surface area contributed by atoms with Gasteiger partial charge in [0, 0.05) is 13.6 Å². The fourth-order valence-electron chi connectivity index (χ4n) is 2.42. The maximum absolute atomic E-state index is 12.1. The summed E-state index contributed by atoms with van der Waals surface area (Å²) < 4.78 is 16.1. The highest BCUT2D eigenvalue weighted by Crippen LogP contribution is 2.31. The van der Waals surface area contributed by atoms with Crippen molar-refractivity contribution in [2.24, 2.45) is 0 Å². The smallest absolute Gasteiger partial charge is 0.351 e. The molecule has 0 fully saturated rings. The normalized spacial score (nSPS) is 15.3. The number of carbonyl (C=O) groups excluding carboxylic acids is 2. The first-order valence-corrected chi connectivity index (χ1v) is 7.96. The summed E-state index contributed by atoms with van der Waals surface area (Å²) in [6, 6.07) is 16.7. The first-order valence-electron chi connectivity index (χ1n) is 7.96. The molecular formula is C19H19NO5. The van der Waals surface area contributed by atoms with E-state index in [4.69, 9.17) is 14.2 Å². The summed E-state index contributed by atoms with van der Waals surface area (Å²) in [5, 5.41) is 0. The van der Waals surface area contributed by atoms with Gasteiger partial charge in [0.25, 0.3) is 5.91 Å². The molecule has 0 bridgehead atoms. The summed E-state index contributed by atoms with van der Waals surface area (Å²) in [5.74, 6) is 0.179. The van der Waals surface area contributed by atoms with Gasteiger partial charge >= 0.3 is 5.97 Å². The van der Waals surface area contributed by atoms with Gasteiger partial charge in [0.2, 0.25) is 6.10 Å². The molecule has 1 amide bonds. The molecule has 1 atom stereocenters. The molecule has 0 saturated heterocycles. The Hall–Kier alpha value is -3.02. The number of benzene rings is 2. The summed E-state index contributed by atoms with van der Waals surface area (Å²) in [6.07, 6.45) is -0.873. The van der Waals surface area contributed by atoms with Gasteiger partial charge in [-0.15, -0.1) is 0 Å². The Labute approximate surface area is 145 Å². The number of ether oxygens (including phenoxy) is 3. The van der Waals surface area contributed by atoms with Crippen molar-refractivity contribution in [1.29, 1.82) is 0 Å². The van der Waals surface area contributed by atoms with Gasteiger partial charge in [-0.25, -0.2) is 4.79 Å². The lowest BCUT2D eigenvalue weighted by Crippen LogP contribution is -2.40. The number of likely N-dealkylation sites (N-methyl/N-ethyl adjacent to an activating group) is 1. The third-order valence-electron chi connectivity index (χ3n) is 3.80. The van der Waals surface area contributed by atoms with Gasteiger partial charge in [-0.05, 0) is 17.7 Å². The van der Waals surface area contributed by atoms with Gasteiger partial charge < -0.3 is 19.1 Å². The van der Waals surface area contributed by atoms with Crippen LogP contribution in [-0.2, 0) is 20.9 Å². The number of carbonyl (C=O) groups is 2. The number of nitrogens with zero attached hydrogens (tertiary/aromatic N) is 1. The largest absolute Gasteiger partial charge is 0.485 e. The SMILES string of the molecule is CN(Cc1ccccc1)C(=O)COC(=O)C1COc2ccccc2O1. The average Bonchev–Trinajstić information content (AvgIpc) is 2.66. The minimum absolute atomic E-state index is 0.0594. The predicted octanol–water partition coefficient (Wildman–Crippen LogP) is 2.03. The molecule has 2 aromatic rings. The van der Waals surface area contributed by atoms with E-state index < -0.39 is 12.1 Å². The molecule has 6 heteroatoms. The van der Waals surface area contributed by atoms with E-state index in [2.05, 4.69) is 0 Å². The molecule has 0 saturated carbocycles. The second-order valence-electron chi connectivity index (χ2n) is 5.71. The van der Waals surface area contributed by atoms with Crippen LogP contribution in [0.3, 0.4) is 0 Å². The third kappa shape index (κ3) is 4.29. The molecule has 25 heavy (non-hydrogen) atoms. The quantitative estimate of drug-likeness (QED) is 0.779. The molecule has 2 aromatic carbocycles. The highest BCUT2D eigenvalue weighted by atomic mass is 16.6. The molecule has 1 heterocycles. The van der Waals surface area contributed by atoms with E-state index in [1.54, 1.807) is 25.2 Å². The predicted molar refractivity (Wildman–Crippen MR) is 90.2 cm³/mol. The van der Waals surface area contributed by atoms with Crippen LogP contribution < -0.4 is 9.47 Å². The highest BCUT2D eigenvalue weighted by molar-refractivity contribution is 5.82. The van der Waals surface area contributed by atoms with Gasteiger partial charge in [0.15, 0.2) is 18.1 Å². The lowest BCUT2D eigenvalue weighted by atomic mass is 10.2. The molecular weight excluding hydrogens is 322 g/mol. The first-order chi connectivity index (χ1) is 12.1. The number of amides is 1. The Morgan fingerprint density at radius 1 is 1.08 bits per heavy atom. The van der Waals surface area contributed by atoms with E-state index in [1.165, 1.54) is 4.90 Å². The van der Waals surface area contributed by atoms with Crippen LogP contribution in [0.15, 0.2) is 54.6 Å². The van der Waals surface area contributed by atoms with Gasteiger partial charge in [0.1, 0.15) is 6.61 Å². The maximum Gasteiger partial charge on any atom is 0.351 e. The summed E-state index contributed by atoms with van der Waals surface area (Å²) in [4.78, 5) is 25.7. The molecule has 6 nitrogen and oxygen atoms in total. The molecule has 1 aliphatic rings. The molecule has 130 valence electrons. The monoisotopic (exact) mass is 341 g/mol. The van der Waals surface area contributed by atoms with E-state index in [9.17, 15) is 9.59 Å². The zero-order valence-corrected chi connectivity index (χ0v) is 13.9. The van der Waals surface area contributed by atoms with Crippen molar-refractivity contribution in [3.05, 3.63) is 60.2 Å². The molecule has 0 aromatic heterocycles. The van der Waals surface area contributed by atoms with E-state index in [0.717, 1.165) is 5.56 Å². The number of para-hydroxylation sites is 2. The van der Waals surface area contributed by atoms with Gasteiger partial charge in [-0.2, -0.15) is 0 Å². The topological polar surface area (TPSA) is 65.1 Å². The van der Waals surface area contributed by atoms with Crippen molar-refractivity contribution in [1.82, 2.24) is 4.90 Å². The molecule has 3 rings (SSSR count). The Morgan fingerprint density at radius 3 is 2.52 bits per heavy atom. The zero-order chi connectivity index (χ0) is 17.6. The minimum atomic E-state index is -0.873. The molecule has 1 unspecified atom stereocenters.